The van der Waals surface area contributed by atoms with Crippen molar-refractivity contribution in [1.29, 1.82) is 0 Å². The number of halogens is 1. The van der Waals surface area contributed by atoms with E-state index in [-0.39, 0.29) is 24.0 Å². The number of anilines is 1. The summed E-state index contributed by atoms with van der Waals surface area (Å²) in [6.45, 7) is 7.10. The number of rotatable bonds is 2. The summed E-state index contributed by atoms with van der Waals surface area (Å²) in [6.07, 6.45) is 1.10. The van der Waals surface area contributed by atoms with Gasteiger partial charge in [-0.3, -0.25) is 5.73 Å². The molecule has 0 bridgehead atoms. The van der Waals surface area contributed by atoms with Crippen LogP contribution in [-0.2, 0) is 6.17 Å². The number of nitrogens with two attached hydrogens (primary N) is 1. The first-order valence-electron chi connectivity index (χ1n) is 5.14. The van der Waals surface area contributed by atoms with Crippen molar-refractivity contribution in [3.63, 3.8) is 0 Å². The Bertz CT molecular complexity index is 490. The third-order valence-corrected chi connectivity index (χ3v) is 4.53. The lowest BCUT2D eigenvalue weighted by Crippen LogP contribution is -3.00. The molecular formula is C11H17IN2SSi. The number of hydrogen-bond donors (Lipinski definition) is 1. The molecule has 88 valence electrons. The monoisotopic (exact) mass is 364 g/mol. The summed E-state index contributed by atoms with van der Waals surface area (Å²) in [6, 6.07) is 8.44. The van der Waals surface area contributed by atoms with E-state index >= 15 is 0 Å². The molecule has 5 heteroatoms. The fourth-order valence-corrected chi connectivity index (χ4v) is 4.02. The normalized spacial score (nSPS) is 11.4. The average molecular weight is 364 g/mol. The van der Waals surface area contributed by atoms with Crippen LogP contribution in [-0.4, -0.2) is 8.07 Å². The number of thiazole rings is 1. The zero-order valence-corrected chi connectivity index (χ0v) is 13.8. The van der Waals surface area contributed by atoms with Gasteiger partial charge < -0.3 is 24.0 Å². The van der Waals surface area contributed by atoms with Crippen molar-refractivity contribution in [2.45, 2.75) is 25.8 Å². The molecule has 1 aromatic heterocycles. The van der Waals surface area contributed by atoms with Crippen molar-refractivity contribution in [1.82, 2.24) is 0 Å². The van der Waals surface area contributed by atoms with Gasteiger partial charge in [0.25, 0.3) is 0 Å². The maximum atomic E-state index is 6.06. The summed E-state index contributed by atoms with van der Waals surface area (Å²) in [5.41, 5.74) is 7.34. The van der Waals surface area contributed by atoms with Crippen LogP contribution < -0.4 is 34.3 Å². The average Bonchev–Trinajstić information content (AvgIpc) is 2.41. The number of hydrogen-bond acceptors (Lipinski definition) is 2. The highest BCUT2D eigenvalue weighted by Crippen LogP contribution is 2.22. The minimum Gasteiger partial charge on any atom is -1.00 e. The second kappa shape index (κ2) is 5.01. The predicted molar refractivity (Wildman–Crippen MR) is 69.8 cm³/mol. The molecule has 2 aromatic rings. The van der Waals surface area contributed by atoms with Crippen LogP contribution in [0.25, 0.3) is 10.2 Å². The number of fused-ring (bicyclic) bond motifs is 1. The first-order chi connectivity index (χ1) is 6.97. The van der Waals surface area contributed by atoms with Gasteiger partial charge in [-0.25, -0.2) is 4.57 Å². The van der Waals surface area contributed by atoms with Gasteiger partial charge in [-0.15, -0.1) is 0 Å². The summed E-state index contributed by atoms with van der Waals surface area (Å²) in [7, 11) is -1.12. The van der Waals surface area contributed by atoms with E-state index in [0.29, 0.717) is 0 Å². The van der Waals surface area contributed by atoms with E-state index < -0.39 is 8.07 Å². The van der Waals surface area contributed by atoms with Crippen molar-refractivity contribution in [2.24, 2.45) is 0 Å². The Balaban J connectivity index is 0.00000128. The molecule has 0 aliphatic rings. The van der Waals surface area contributed by atoms with Crippen molar-refractivity contribution in [2.75, 3.05) is 5.73 Å². The Morgan fingerprint density at radius 1 is 1.25 bits per heavy atom. The third kappa shape index (κ3) is 2.95. The van der Waals surface area contributed by atoms with Crippen molar-refractivity contribution in [3.05, 3.63) is 24.3 Å². The van der Waals surface area contributed by atoms with Crippen molar-refractivity contribution < 1.29 is 28.5 Å². The Morgan fingerprint density at radius 3 is 2.50 bits per heavy atom. The second-order valence-corrected chi connectivity index (χ2v) is 11.6. The van der Waals surface area contributed by atoms with E-state index in [0.717, 1.165) is 11.3 Å². The quantitative estimate of drug-likeness (QED) is 0.441. The Kier molecular flexibility index (Phi) is 4.36. The van der Waals surface area contributed by atoms with Gasteiger partial charge in [0.2, 0.25) is 0 Å². The van der Waals surface area contributed by atoms with E-state index in [4.69, 9.17) is 5.73 Å². The highest BCUT2D eigenvalue weighted by molar-refractivity contribution is 7.21. The van der Waals surface area contributed by atoms with Gasteiger partial charge in [0.1, 0.15) is 5.52 Å². The molecule has 0 amide bonds. The summed E-state index contributed by atoms with van der Waals surface area (Å²) in [4.78, 5) is 0. The molecule has 1 heterocycles. The first kappa shape index (κ1) is 13.9. The number of para-hydroxylation sites is 1. The molecule has 0 fully saturated rings. The molecule has 0 aliphatic heterocycles. The van der Waals surface area contributed by atoms with Crippen LogP contribution in [0.1, 0.15) is 0 Å². The van der Waals surface area contributed by atoms with E-state index in [9.17, 15) is 0 Å². The molecule has 0 atom stereocenters. The second-order valence-electron chi connectivity index (χ2n) is 5.05. The highest BCUT2D eigenvalue weighted by Gasteiger charge is 2.22. The van der Waals surface area contributed by atoms with Gasteiger partial charge in [-0.1, -0.05) is 31.8 Å². The lowest BCUT2D eigenvalue weighted by atomic mass is 10.3. The van der Waals surface area contributed by atoms with Gasteiger partial charge >= 0.3 is 5.13 Å². The van der Waals surface area contributed by atoms with Gasteiger partial charge in [-0.2, -0.15) is 0 Å². The van der Waals surface area contributed by atoms with Crippen LogP contribution >= 0.6 is 11.3 Å². The third-order valence-electron chi connectivity index (χ3n) is 2.27. The van der Waals surface area contributed by atoms with Crippen molar-refractivity contribution >= 4 is 34.8 Å². The van der Waals surface area contributed by atoms with Crippen LogP contribution in [0, 0.1) is 0 Å². The number of nitrogens with zero attached hydrogens (tertiary/aromatic N) is 1. The van der Waals surface area contributed by atoms with Gasteiger partial charge in [-0.05, 0) is 23.5 Å². The minimum absolute atomic E-state index is 0. The molecule has 2 rings (SSSR count). The van der Waals surface area contributed by atoms with E-state index in [2.05, 4.69) is 48.5 Å². The summed E-state index contributed by atoms with van der Waals surface area (Å²) in [5, 5.41) is 0.929. The lowest BCUT2D eigenvalue weighted by Gasteiger charge is -2.13. The summed E-state index contributed by atoms with van der Waals surface area (Å²) in [5.74, 6) is 0. The van der Waals surface area contributed by atoms with Gasteiger partial charge in [0.05, 0.1) is 18.9 Å². The van der Waals surface area contributed by atoms with Crippen LogP contribution in [0.5, 0.6) is 0 Å². The minimum atomic E-state index is -1.12. The van der Waals surface area contributed by atoms with Crippen molar-refractivity contribution in [3.8, 4) is 0 Å². The zero-order chi connectivity index (χ0) is 11.1. The molecule has 0 aliphatic carbocycles. The Morgan fingerprint density at radius 2 is 1.88 bits per heavy atom. The first-order valence-corrected chi connectivity index (χ1v) is 9.66. The summed E-state index contributed by atoms with van der Waals surface area (Å²) < 4.78 is 3.56. The molecule has 0 saturated heterocycles. The Hall–Kier alpha value is -0.143. The van der Waals surface area contributed by atoms with Gasteiger partial charge in [0.15, 0.2) is 0 Å². The smallest absolute Gasteiger partial charge is 0.332 e. The summed E-state index contributed by atoms with van der Waals surface area (Å²) >= 11 is 1.68. The largest absolute Gasteiger partial charge is 1.00 e. The zero-order valence-electron chi connectivity index (χ0n) is 9.83. The molecule has 0 saturated carbocycles. The Labute approximate surface area is 119 Å². The standard InChI is InChI=1S/C11H16N2SSi.HI/c1-15(2,3)8-13-9-6-4-5-7-10(9)14-11(13)12;/h4-7,12H,8H2,1-3H3;1H. The van der Waals surface area contributed by atoms with Crippen LogP contribution in [0.4, 0.5) is 5.13 Å². The van der Waals surface area contributed by atoms with Crippen LogP contribution in [0.15, 0.2) is 24.3 Å². The van der Waals surface area contributed by atoms with Crippen LogP contribution in [0.2, 0.25) is 19.6 Å². The number of aromatic nitrogens is 1. The molecule has 0 unspecified atom stereocenters. The molecule has 2 nitrogen and oxygen atoms in total. The maximum absolute atomic E-state index is 6.06. The number of nitrogen functional groups attached to an aromatic ring is 1. The fourth-order valence-electron chi connectivity index (χ4n) is 1.69. The molecule has 2 N–H and O–H groups in total. The SMILES string of the molecule is C[Si](C)(C)C[n+]1c(N)sc2ccccc21.[I-]. The molecule has 16 heavy (non-hydrogen) atoms. The van der Waals surface area contributed by atoms with E-state index in [1.165, 1.54) is 10.2 Å². The van der Waals surface area contributed by atoms with E-state index in [1.54, 1.807) is 11.3 Å². The van der Waals surface area contributed by atoms with Gasteiger partial charge in [0, 0.05) is 0 Å². The topological polar surface area (TPSA) is 29.9 Å². The van der Waals surface area contributed by atoms with Crippen LogP contribution in [0.3, 0.4) is 0 Å². The maximum Gasteiger partial charge on any atom is 0.332 e. The van der Waals surface area contributed by atoms with E-state index in [1.807, 2.05) is 0 Å². The highest BCUT2D eigenvalue weighted by atomic mass is 127. The predicted octanol–water partition coefficient (Wildman–Crippen LogP) is -0.348. The molecular weight excluding hydrogens is 347 g/mol. The lowest BCUT2D eigenvalue weighted by molar-refractivity contribution is -0.636. The molecule has 0 radical (unpaired) electrons. The molecule has 1 aromatic carbocycles. The molecule has 0 spiro atoms. The number of benzene rings is 1. The fraction of sp³-hybridized carbons (Fsp3) is 0.364.